The van der Waals surface area contributed by atoms with Crippen molar-refractivity contribution in [2.24, 2.45) is 0 Å². The number of anilines is 1. The summed E-state index contributed by atoms with van der Waals surface area (Å²) in [6.07, 6.45) is 6.29. The van der Waals surface area contributed by atoms with Gasteiger partial charge in [0, 0.05) is 18.9 Å². The van der Waals surface area contributed by atoms with Crippen LogP contribution in [0.5, 0.6) is 0 Å². The summed E-state index contributed by atoms with van der Waals surface area (Å²) in [5.41, 5.74) is 1.99. The van der Waals surface area contributed by atoms with Gasteiger partial charge in [-0.1, -0.05) is 18.5 Å². The van der Waals surface area contributed by atoms with E-state index in [2.05, 4.69) is 22.3 Å². The van der Waals surface area contributed by atoms with Gasteiger partial charge in [0.15, 0.2) is 0 Å². The van der Waals surface area contributed by atoms with Crippen molar-refractivity contribution in [3.05, 3.63) is 41.4 Å². The maximum atomic E-state index is 6.04. The van der Waals surface area contributed by atoms with E-state index in [1.54, 1.807) is 18.5 Å². The van der Waals surface area contributed by atoms with Crippen LogP contribution in [-0.2, 0) is 13.1 Å². The fourth-order valence-electron chi connectivity index (χ4n) is 1.62. The van der Waals surface area contributed by atoms with E-state index in [1.165, 1.54) is 0 Å². The van der Waals surface area contributed by atoms with Crippen molar-refractivity contribution in [2.45, 2.75) is 26.4 Å². The predicted molar refractivity (Wildman–Crippen MR) is 69.1 cm³/mol. The van der Waals surface area contributed by atoms with E-state index in [0.717, 1.165) is 24.3 Å². The van der Waals surface area contributed by atoms with Crippen LogP contribution in [-0.4, -0.2) is 14.8 Å². The molecular formula is C12H15ClN4. The van der Waals surface area contributed by atoms with Crippen LogP contribution in [0.2, 0.25) is 5.02 Å². The number of aryl methyl sites for hydroxylation is 1. The van der Waals surface area contributed by atoms with Gasteiger partial charge < -0.3 is 5.32 Å². The second kappa shape index (κ2) is 5.68. The summed E-state index contributed by atoms with van der Waals surface area (Å²) in [6.45, 7) is 3.77. The number of halogens is 1. The molecule has 5 heteroatoms. The molecule has 0 aliphatic rings. The lowest BCUT2D eigenvalue weighted by molar-refractivity contribution is 0.578. The number of aromatic nitrogens is 3. The normalized spacial score (nSPS) is 10.5. The van der Waals surface area contributed by atoms with Crippen LogP contribution in [0.25, 0.3) is 0 Å². The highest BCUT2D eigenvalue weighted by molar-refractivity contribution is 6.33. The molecule has 0 amide bonds. The minimum atomic E-state index is 0.682. The van der Waals surface area contributed by atoms with Crippen LogP contribution < -0.4 is 5.32 Å². The third kappa shape index (κ3) is 2.97. The van der Waals surface area contributed by atoms with Crippen molar-refractivity contribution < 1.29 is 0 Å². The summed E-state index contributed by atoms with van der Waals surface area (Å²) in [5, 5.41) is 8.21. The molecule has 0 saturated heterocycles. The van der Waals surface area contributed by atoms with Gasteiger partial charge in [-0.15, -0.1) is 0 Å². The van der Waals surface area contributed by atoms with E-state index in [0.29, 0.717) is 11.6 Å². The summed E-state index contributed by atoms with van der Waals surface area (Å²) < 4.78 is 2.00. The Bertz CT molecular complexity index is 481. The Hall–Kier alpha value is -1.55. The quantitative estimate of drug-likeness (QED) is 0.887. The van der Waals surface area contributed by atoms with E-state index in [4.69, 9.17) is 11.6 Å². The monoisotopic (exact) mass is 250 g/mol. The number of rotatable bonds is 5. The molecule has 0 aromatic carbocycles. The summed E-state index contributed by atoms with van der Waals surface area (Å²) in [6, 6.07) is 3.78. The zero-order valence-corrected chi connectivity index (χ0v) is 10.5. The molecule has 90 valence electrons. The molecule has 2 rings (SSSR count). The number of hydrogen-bond acceptors (Lipinski definition) is 3. The van der Waals surface area contributed by atoms with Crippen LogP contribution in [0.15, 0.2) is 30.7 Å². The molecule has 2 aromatic rings. The lowest BCUT2D eigenvalue weighted by atomic mass is 10.3. The Balaban J connectivity index is 2.02. The first-order chi connectivity index (χ1) is 8.31. The van der Waals surface area contributed by atoms with Gasteiger partial charge in [0.2, 0.25) is 0 Å². The Morgan fingerprint density at radius 2 is 2.24 bits per heavy atom. The molecule has 4 nitrogen and oxygen atoms in total. The van der Waals surface area contributed by atoms with Crippen molar-refractivity contribution in [1.29, 1.82) is 0 Å². The summed E-state index contributed by atoms with van der Waals surface area (Å²) >= 11 is 6.04. The molecule has 1 N–H and O–H groups in total. The van der Waals surface area contributed by atoms with E-state index in [-0.39, 0.29) is 0 Å². The van der Waals surface area contributed by atoms with Gasteiger partial charge in [-0.2, -0.15) is 5.10 Å². The van der Waals surface area contributed by atoms with Gasteiger partial charge in [0.25, 0.3) is 0 Å². The van der Waals surface area contributed by atoms with E-state index < -0.39 is 0 Å². The van der Waals surface area contributed by atoms with Crippen molar-refractivity contribution in [2.75, 3.05) is 5.32 Å². The minimum absolute atomic E-state index is 0.682. The van der Waals surface area contributed by atoms with Crippen molar-refractivity contribution >= 4 is 17.3 Å². The molecule has 2 aromatic heterocycles. The van der Waals surface area contributed by atoms with Crippen LogP contribution >= 0.6 is 11.6 Å². The molecule has 0 saturated carbocycles. The molecule has 17 heavy (non-hydrogen) atoms. The molecule has 0 aliphatic carbocycles. The number of hydrogen-bond donors (Lipinski definition) is 1. The predicted octanol–water partition coefficient (Wildman–Crippen LogP) is 2.95. The van der Waals surface area contributed by atoms with E-state index >= 15 is 0 Å². The minimum Gasteiger partial charge on any atom is -0.377 e. The average molecular weight is 251 g/mol. The fraction of sp³-hybridized carbons (Fsp3) is 0.333. The third-order valence-electron chi connectivity index (χ3n) is 2.47. The van der Waals surface area contributed by atoms with Crippen molar-refractivity contribution in [1.82, 2.24) is 14.8 Å². The Morgan fingerprint density at radius 1 is 1.35 bits per heavy atom. The second-order valence-corrected chi connectivity index (χ2v) is 4.16. The summed E-state index contributed by atoms with van der Waals surface area (Å²) in [7, 11) is 0. The Kier molecular flexibility index (Phi) is 3.98. The van der Waals surface area contributed by atoms with Gasteiger partial charge in [0.1, 0.15) is 0 Å². The van der Waals surface area contributed by atoms with E-state index in [9.17, 15) is 0 Å². The fourth-order valence-corrected chi connectivity index (χ4v) is 1.79. The summed E-state index contributed by atoms with van der Waals surface area (Å²) in [4.78, 5) is 4.03. The molecule has 2 heterocycles. The molecule has 0 fully saturated rings. The van der Waals surface area contributed by atoms with Crippen LogP contribution in [0.3, 0.4) is 0 Å². The van der Waals surface area contributed by atoms with Gasteiger partial charge in [-0.25, -0.2) is 0 Å². The second-order valence-electron chi connectivity index (χ2n) is 3.75. The number of nitrogens with zero attached hydrogens (tertiary/aromatic N) is 3. The summed E-state index contributed by atoms with van der Waals surface area (Å²) in [5.74, 6) is 0. The lowest BCUT2D eigenvalue weighted by Gasteiger charge is -2.09. The SMILES string of the molecule is CCCn1nccc1CNc1cnccc1Cl. The lowest BCUT2D eigenvalue weighted by Crippen LogP contribution is -2.09. The molecule has 0 aliphatic heterocycles. The molecule has 0 unspecified atom stereocenters. The molecular weight excluding hydrogens is 236 g/mol. The maximum Gasteiger partial charge on any atom is 0.0719 e. The highest BCUT2D eigenvalue weighted by Crippen LogP contribution is 2.19. The van der Waals surface area contributed by atoms with Crippen LogP contribution in [0.1, 0.15) is 19.0 Å². The van der Waals surface area contributed by atoms with Gasteiger partial charge in [-0.05, 0) is 18.6 Å². The third-order valence-corrected chi connectivity index (χ3v) is 2.80. The smallest absolute Gasteiger partial charge is 0.0719 e. The number of pyridine rings is 1. The molecule has 0 radical (unpaired) electrons. The molecule has 0 bridgehead atoms. The number of nitrogens with one attached hydrogen (secondary N) is 1. The van der Waals surface area contributed by atoms with Gasteiger partial charge in [0.05, 0.1) is 29.1 Å². The maximum absolute atomic E-state index is 6.04. The van der Waals surface area contributed by atoms with Gasteiger partial charge in [-0.3, -0.25) is 9.67 Å². The standard InChI is InChI=1S/C12H15ClN4/c1-2-7-17-10(3-6-16-17)8-15-12-9-14-5-4-11(12)13/h3-6,9,15H,2,7-8H2,1H3. The largest absolute Gasteiger partial charge is 0.377 e. The Labute approximate surface area is 106 Å². The van der Waals surface area contributed by atoms with Crippen molar-refractivity contribution in [3.63, 3.8) is 0 Å². The molecule has 0 spiro atoms. The highest BCUT2D eigenvalue weighted by Gasteiger charge is 2.03. The first kappa shape index (κ1) is 11.9. The zero-order valence-electron chi connectivity index (χ0n) is 9.73. The van der Waals surface area contributed by atoms with E-state index in [1.807, 2.05) is 16.9 Å². The van der Waals surface area contributed by atoms with Gasteiger partial charge >= 0.3 is 0 Å². The van der Waals surface area contributed by atoms with Crippen LogP contribution in [0.4, 0.5) is 5.69 Å². The van der Waals surface area contributed by atoms with Crippen molar-refractivity contribution in [3.8, 4) is 0 Å². The first-order valence-electron chi connectivity index (χ1n) is 5.65. The zero-order chi connectivity index (χ0) is 12.1. The topological polar surface area (TPSA) is 42.7 Å². The highest BCUT2D eigenvalue weighted by atomic mass is 35.5. The van der Waals surface area contributed by atoms with Crippen LogP contribution in [0, 0.1) is 0 Å². The first-order valence-corrected chi connectivity index (χ1v) is 6.03. The molecule has 0 atom stereocenters. The Morgan fingerprint density at radius 3 is 3.00 bits per heavy atom. The average Bonchev–Trinajstić information content (AvgIpc) is 2.76.